The van der Waals surface area contributed by atoms with Crippen LogP contribution in [0.5, 0.6) is 0 Å². The van der Waals surface area contributed by atoms with Crippen molar-refractivity contribution in [2.45, 2.75) is 37.8 Å². The highest BCUT2D eigenvalue weighted by atomic mass is 16.4. The number of rotatable bonds is 9. The first-order chi connectivity index (χ1) is 10.0. The maximum absolute atomic E-state index is 11.8. The fourth-order valence-corrected chi connectivity index (χ4v) is 1.96. The van der Waals surface area contributed by atoms with E-state index in [0.717, 1.165) is 5.56 Å². The van der Waals surface area contributed by atoms with Gasteiger partial charge in [-0.1, -0.05) is 30.3 Å². The topological polar surface area (TPSA) is 118 Å². The average molecular weight is 293 g/mol. The van der Waals surface area contributed by atoms with E-state index in [1.165, 1.54) is 0 Å². The van der Waals surface area contributed by atoms with Crippen molar-refractivity contribution in [3.8, 4) is 0 Å². The Labute approximate surface area is 124 Å². The molecule has 0 unspecified atom stereocenters. The van der Waals surface area contributed by atoms with Gasteiger partial charge in [-0.05, 0) is 37.8 Å². The van der Waals surface area contributed by atoms with Crippen LogP contribution in [-0.2, 0) is 16.0 Å². The molecule has 116 valence electrons. The molecule has 0 aliphatic heterocycles. The van der Waals surface area contributed by atoms with Crippen LogP contribution in [-0.4, -0.2) is 35.6 Å². The molecule has 1 aromatic carbocycles. The Morgan fingerprint density at radius 3 is 2.43 bits per heavy atom. The summed E-state index contributed by atoms with van der Waals surface area (Å²) < 4.78 is 0. The van der Waals surface area contributed by atoms with Gasteiger partial charge < -0.3 is 21.9 Å². The standard InChI is InChI=1S/C15H23N3O3/c16-10-4-7-12(17)14(19)18-13(15(20)21)9-8-11-5-2-1-3-6-11/h1-3,5-6,12-13H,4,7-10,16-17H2,(H,18,19)(H,20,21)/t12-,13+/m0/s1. The first-order valence-electron chi connectivity index (χ1n) is 7.07. The predicted molar refractivity (Wildman–Crippen MR) is 80.6 cm³/mol. The summed E-state index contributed by atoms with van der Waals surface area (Å²) in [5, 5.41) is 11.7. The fourth-order valence-electron chi connectivity index (χ4n) is 1.96. The van der Waals surface area contributed by atoms with Gasteiger partial charge in [-0.3, -0.25) is 4.79 Å². The van der Waals surface area contributed by atoms with Gasteiger partial charge in [0.1, 0.15) is 6.04 Å². The molecule has 0 spiro atoms. The lowest BCUT2D eigenvalue weighted by atomic mass is 10.0. The number of hydrogen-bond acceptors (Lipinski definition) is 4. The number of aliphatic carboxylic acids is 1. The number of nitrogens with two attached hydrogens (primary N) is 2. The second-order valence-electron chi connectivity index (χ2n) is 4.96. The van der Waals surface area contributed by atoms with Crippen LogP contribution in [0.3, 0.4) is 0 Å². The lowest BCUT2D eigenvalue weighted by molar-refractivity contribution is -0.142. The molecule has 0 fully saturated rings. The molecule has 0 bridgehead atoms. The van der Waals surface area contributed by atoms with Crippen molar-refractivity contribution >= 4 is 11.9 Å². The first-order valence-corrected chi connectivity index (χ1v) is 7.07. The van der Waals surface area contributed by atoms with E-state index in [1.54, 1.807) is 0 Å². The Bertz CT molecular complexity index is 451. The third-order valence-electron chi connectivity index (χ3n) is 3.24. The van der Waals surface area contributed by atoms with Crippen molar-refractivity contribution < 1.29 is 14.7 Å². The summed E-state index contributed by atoms with van der Waals surface area (Å²) in [6.45, 7) is 0.456. The van der Waals surface area contributed by atoms with Gasteiger partial charge in [-0.2, -0.15) is 0 Å². The largest absolute Gasteiger partial charge is 0.480 e. The quantitative estimate of drug-likeness (QED) is 0.520. The number of nitrogens with one attached hydrogen (secondary N) is 1. The Morgan fingerprint density at radius 1 is 1.19 bits per heavy atom. The average Bonchev–Trinajstić information content (AvgIpc) is 2.49. The Kier molecular flexibility index (Phi) is 7.42. The van der Waals surface area contributed by atoms with Crippen LogP contribution in [0, 0.1) is 0 Å². The van der Waals surface area contributed by atoms with E-state index in [2.05, 4.69) is 5.32 Å². The zero-order valence-electron chi connectivity index (χ0n) is 12.0. The molecule has 6 heteroatoms. The van der Waals surface area contributed by atoms with Gasteiger partial charge in [0.2, 0.25) is 5.91 Å². The molecule has 1 rings (SSSR count). The monoisotopic (exact) mass is 293 g/mol. The second kappa shape index (κ2) is 9.10. The van der Waals surface area contributed by atoms with E-state index in [4.69, 9.17) is 11.5 Å². The number of aryl methyl sites for hydroxylation is 1. The van der Waals surface area contributed by atoms with Gasteiger partial charge in [0.05, 0.1) is 6.04 Å². The second-order valence-corrected chi connectivity index (χ2v) is 4.96. The van der Waals surface area contributed by atoms with Gasteiger partial charge in [-0.15, -0.1) is 0 Å². The molecule has 1 aromatic rings. The minimum Gasteiger partial charge on any atom is -0.480 e. The molecule has 6 N–H and O–H groups in total. The summed E-state index contributed by atoms with van der Waals surface area (Å²) >= 11 is 0. The molecule has 2 atom stereocenters. The van der Waals surface area contributed by atoms with Crippen LogP contribution < -0.4 is 16.8 Å². The molecular weight excluding hydrogens is 270 g/mol. The fraction of sp³-hybridized carbons (Fsp3) is 0.467. The SMILES string of the molecule is NCCC[C@H](N)C(=O)N[C@H](CCc1ccccc1)C(=O)O. The van der Waals surface area contributed by atoms with E-state index in [1.807, 2.05) is 30.3 Å². The van der Waals surface area contributed by atoms with Crippen LogP contribution in [0.2, 0.25) is 0 Å². The van der Waals surface area contributed by atoms with Crippen molar-refractivity contribution in [2.24, 2.45) is 11.5 Å². The summed E-state index contributed by atoms with van der Waals surface area (Å²) in [7, 11) is 0. The number of benzene rings is 1. The van der Waals surface area contributed by atoms with E-state index >= 15 is 0 Å². The van der Waals surface area contributed by atoms with Crippen molar-refractivity contribution in [3.05, 3.63) is 35.9 Å². The van der Waals surface area contributed by atoms with E-state index < -0.39 is 24.0 Å². The first kappa shape index (κ1) is 17.1. The predicted octanol–water partition coefficient (Wildman–Crippen LogP) is 0.255. The normalized spacial score (nSPS) is 13.4. The third-order valence-corrected chi connectivity index (χ3v) is 3.24. The molecule has 0 heterocycles. The minimum atomic E-state index is -1.05. The molecular formula is C15H23N3O3. The van der Waals surface area contributed by atoms with Gasteiger partial charge in [0, 0.05) is 0 Å². The number of hydrogen-bond donors (Lipinski definition) is 4. The molecule has 0 aromatic heterocycles. The number of carbonyl (C=O) groups is 2. The van der Waals surface area contributed by atoms with Crippen LogP contribution in [0.4, 0.5) is 0 Å². The molecule has 1 amide bonds. The Hall–Kier alpha value is -1.92. The Morgan fingerprint density at radius 2 is 1.86 bits per heavy atom. The summed E-state index contributed by atoms with van der Waals surface area (Å²) in [4.78, 5) is 23.1. The summed E-state index contributed by atoms with van der Waals surface area (Å²) in [6.07, 6.45) is 1.99. The number of carboxylic acids is 1. The third kappa shape index (κ3) is 6.37. The maximum Gasteiger partial charge on any atom is 0.326 e. The van der Waals surface area contributed by atoms with Crippen LogP contribution >= 0.6 is 0 Å². The molecule has 6 nitrogen and oxygen atoms in total. The summed E-state index contributed by atoms with van der Waals surface area (Å²) in [5.74, 6) is -1.49. The van der Waals surface area contributed by atoms with Gasteiger partial charge in [-0.25, -0.2) is 4.79 Å². The molecule has 0 aliphatic rings. The smallest absolute Gasteiger partial charge is 0.326 e. The summed E-state index contributed by atoms with van der Waals surface area (Å²) in [6, 6.07) is 7.89. The zero-order chi connectivity index (χ0) is 15.7. The van der Waals surface area contributed by atoms with Crippen molar-refractivity contribution in [3.63, 3.8) is 0 Å². The van der Waals surface area contributed by atoms with Crippen LogP contribution in [0.1, 0.15) is 24.8 Å². The number of amides is 1. The number of carbonyl (C=O) groups excluding carboxylic acids is 1. The van der Waals surface area contributed by atoms with Gasteiger partial charge in [0.15, 0.2) is 0 Å². The van der Waals surface area contributed by atoms with E-state index in [9.17, 15) is 14.7 Å². The lowest BCUT2D eigenvalue weighted by Gasteiger charge is -2.17. The van der Waals surface area contributed by atoms with E-state index in [0.29, 0.717) is 32.2 Å². The van der Waals surface area contributed by atoms with E-state index in [-0.39, 0.29) is 0 Å². The lowest BCUT2D eigenvalue weighted by Crippen LogP contribution is -2.48. The highest BCUT2D eigenvalue weighted by Gasteiger charge is 2.22. The molecule has 0 aliphatic carbocycles. The van der Waals surface area contributed by atoms with Crippen molar-refractivity contribution in [1.82, 2.24) is 5.32 Å². The molecule has 0 saturated heterocycles. The van der Waals surface area contributed by atoms with Gasteiger partial charge in [0.25, 0.3) is 0 Å². The maximum atomic E-state index is 11.8. The highest BCUT2D eigenvalue weighted by Crippen LogP contribution is 2.06. The van der Waals surface area contributed by atoms with Crippen LogP contribution in [0.25, 0.3) is 0 Å². The molecule has 0 radical (unpaired) electrons. The minimum absolute atomic E-state index is 0.328. The molecule has 0 saturated carbocycles. The molecule has 21 heavy (non-hydrogen) atoms. The summed E-state index contributed by atoms with van der Waals surface area (Å²) in [5.41, 5.74) is 12.1. The Balaban J connectivity index is 2.50. The van der Waals surface area contributed by atoms with Gasteiger partial charge >= 0.3 is 5.97 Å². The van der Waals surface area contributed by atoms with Crippen molar-refractivity contribution in [1.29, 1.82) is 0 Å². The van der Waals surface area contributed by atoms with Crippen LogP contribution in [0.15, 0.2) is 30.3 Å². The van der Waals surface area contributed by atoms with Crippen molar-refractivity contribution in [2.75, 3.05) is 6.54 Å². The zero-order valence-corrected chi connectivity index (χ0v) is 12.0. The number of carboxylic acid groups (broad SMARTS) is 1. The highest BCUT2D eigenvalue weighted by molar-refractivity contribution is 5.86.